The SMILES string of the molecule is O=C1Cc2cc(-c3ccc(C4(CO)CC4)cc3)ccc2N1. The van der Waals surface area contributed by atoms with E-state index in [1.54, 1.807) is 0 Å². The Bertz CT molecular complexity index is 714. The van der Waals surface area contributed by atoms with Crippen molar-refractivity contribution in [1.29, 1.82) is 0 Å². The Morgan fingerprint density at radius 3 is 2.43 bits per heavy atom. The second-order valence-corrected chi connectivity index (χ2v) is 6.11. The van der Waals surface area contributed by atoms with Gasteiger partial charge in [-0.2, -0.15) is 0 Å². The van der Waals surface area contributed by atoms with Crippen molar-refractivity contribution in [3.8, 4) is 11.1 Å². The maximum atomic E-state index is 11.4. The molecule has 3 heteroatoms. The first-order chi connectivity index (χ1) is 10.2. The summed E-state index contributed by atoms with van der Waals surface area (Å²) in [6.45, 7) is 0.235. The Hall–Kier alpha value is -2.13. The average Bonchev–Trinajstić information content (AvgIpc) is 3.22. The molecule has 2 aromatic rings. The molecule has 2 aromatic carbocycles. The molecule has 0 bridgehead atoms. The van der Waals surface area contributed by atoms with Gasteiger partial charge in [0, 0.05) is 11.1 Å². The van der Waals surface area contributed by atoms with Crippen molar-refractivity contribution in [2.24, 2.45) is 0 Å². The minimum Gasteiger partial charge on any atom is -0.395 e. The van der Waals surface area contributed by atoms with Crippen LogP contribution in [-0.4, -0.2) is 17.6 Å². The fourth-order valence-corrected chi connectivity index (χ4v) is 3.11. The van der Waals surface area contributed by atoms with Crippen LogP contribution >= 0.6 is 0 Å². The van der Waals surface area contributed by atoms with Crippen molar-refractivity contribution < 1.29 is 9.90 Å². The molecule has 0 aromatic heterocycles. The number of hydrogen-bond donors (Lipinski definition) is 2. The number of aliphatic hydroxyl groups is 1. The van der Waals surface area contributed by atoms with E-state index in [4.69, 9.17) is 0 Å². The van der Waals surface area contributed by atoms with Gasteiger partial charge in [0.25, 0.3) is 0 Å². The highest BCUT2D eigenvalue weighted by molar-refractivity contribution is 5.99. The molecule has 1 heterocycles. The van der Waals surface area contributed by atoms with Crippen LogP contribution in [0.1, 0.15) is 24.0 Å². The summed E-state index contributed by atoms with van der Waals surface area (Å²) in [5, 5.41) is 12.3. The zero-order valence-corrected chi connectivity index (χ0v) is 11.7. The lowest BCUT2D eigenvalue weighted by atomic mass is 9.94. The van der Waals surface area contributed by atoms with Gasteiger partial charge in [-0.3, -0.25) is 4.79 Å². The summed E-state index contributed by atoms with van der Waals surface area (Å²) in [4.78, 5) is 11.4. The van der Waals surface area contributed by atoms with Crippen LogP contribution in [0.15, 0.2) is 42.5 Å². The van der Waals surface area contributed by atoms with Gasteiger partial charge in [0.05, 0.1) is 13.0 Å². The highest BCUT2D eigenvalue weighted by Gasteiger charge is 2.43. The van der Waals surface area contributed by atoms with Crippen molar-refractivity contribution in [3.05, 3.63) is 53.6 Å². The zero-order valence-electron chi connectivity index (χ0n) is 11.7. The van der Waals surface area contributed by atoms with Crippen LogP contribution < -0.4 is 5.32 Å². The summed E-state index contributed by atoms with van der Waals surface area (Å²) in [7, 11) is 0. The summed E-state index contributed by atoms with van der Waals surface area (Å²) in [6, 6.07) is 14.6. The molecule has 3 nitrogen and oxygen atoms in total. The van der Waals surface area contributed by atoms with Gasteiger partial charge in [0.2, 0.25) is 5.91 Å². The highest BCUT2D eigenvalue weighted by Crippen LogP contribution is 2.47. The van der Waals surface area contributed by atoms with E-state index in [1.807, 2.05) is 12.1 Å². The largest absolute Gasteiger partial charge is 0.395 e. The first-order valence-corrected chi connectivity index (χ1v) is 7.35. The maximum absolute atomic E-state index is 11.4. The third kappa shape index (κ3) is 2.05. The molecule has 1 aliphatic heterocycles. The molecule has 2 aliphatic rings. The normalized spacial score (nSPS) is 18.2. The lowest BCUT2D eigenvalue weighted by molar-refractivity contribution is -0.115. The van der Waals surface area contributed by atoms with Crippen LogP contribution in [-0.2, 0) is 16.6 Å². The maximum Gasteiger partial charge on any atom is 0.228 e. The summed E-state index contributed by atoms with van der Waals surface area (Å²) in [5.41, 5.74) is 5.52. The fourth-order valence-electron chi connectivity index (χ4n) is 3.11. The van der Waals surface area contributed by atoms with Crippen LogP contribution in [0.2, 0.25) is 0 Å². The number of rotatable bonds is 3. The number of hydrogen-bond acceptors (Lipinski definition) is 2. The molecular formula is C18H17NO2. The topological polar surface area (TPSA) is 49.3 Å². The first kappa shape index (κ1) is 12.6. The molecule has 0 unspecified atom stereocenters. The number of nitrogens with one attached hydrogen (secondary N) is 1. The number of fused-ring (bicyclic) bond motifs is 1. The number of anilines is 1. The Balaban J connectivity index is 1.65. The fraction of sp³-hybridized carbons (Fsp3) is 0.278. The second-order valence-electron chi connectivity index (χ2n) is 6.11. The van der Waals surface area contributed by atoms with Crippen LogP contribution in [0.3, 0.4) is 0 Å². The van der Waals surface area contributed by atoms with Crippen LogP contribution in [0.4, 0.5) is 5.69 Å². The second kappa shape index (κ2) is 4.43. The minimum atomic E-state index is 0.0206. The first-order valence-electron chi connectivity index (χ1n) is 7.35. The van der Waals surface area contributed by atoms with Gasteiger partial charge in [0.15, 0.2) is 0 Å². The van der Waals surface area contributed by atoms with Crippen LogP contribution in [0.25, 0.3) is 11.1 Å². The van der Waals surface area contributed by atoms with E-state index in [9.17, 15) is 9.90 Å². The van der Waals surface area contributed by atoms with Gasteiger partial charge in [-0.05, 0) is 47.2 Å². The quantitative estimate of drug-likeness (QED) is 0.907. The van der Waals surface area contributed by atoms with Crippen molar-refractivity contribution >= 4 is 11.6 Å². The number of amides is 1. The molecule has 0 atom stereocenters. The highest BCUT2D eigenvalue weighted by atomic mass is 16.3. The third-order valence-electron chi connectivity index (χ3n) is 4.72. The Kier molecular flexibility index (Phi) is 2.66. The van der Waals surface area contributed by atoms with E-state index in [0.29, 0.717) is 6.42 Å². The molecule has 1 fully saturated rings. The summed E-state index contributed by atoms with van der Waals surface area (Å²) >= 11 is 0. The van der Waals surface area contributed by atoms with Gasteiger partial charge in [-0.1, -0.05) is 30.3 Å². The van der Waals surface area contributed by atoms with E-state index < -0.39 is 0 Å². The van der Waals surface area contributed by atoms with E-state index in [1.165, 1.54) is 5.56 Å². The Morgan fingerprint density at radius 1 is 1.05 bits per heavy atom. The number of carbonyl (C=O) groups is 1. The zero-order chi connectivity index (χ0) is 14.4. The summed E-state index contributed by atoms with van der Waals surface area (Å²) in [5.74, 6) is 0.0659. The smallest absolute Gasteiger partial charge is 0.228 e. The third-order valence-corrected chi connectivity index (χ3v) is 4.72. The average molecular weight is 279 g/mol. The van der Waals surface area contributed by atoms with E-state index >= 15 is 0 Å². The van der Waals surface area contributed by atoms with Crippen molar-refractivity contribution in [2.75, 3.05) is 11.9 Å². The predicted molar refractivity (Wildman–Crippen MR) is 82.2 cm³/mol. The van der Waals surface area contributed by atoms with Crippen LogP contribution in [0, 0.1) is 0 Å². The Morgan fingerprint density at radius 2 is 1.76 bits per heavy atom. The summed E-state index contributed by atoms with van der Waals surface area (Å²) < 4.78 is 0. The predicted octanol–water partition coefficient (Wildman–Crippen LogP) is 2.87. The Labute approximate surface area is 123 Å². The molecule has 0 saturated heterocycles. The monoisotopic (exact) mass is 279 g/mol. The lowest BCUT2D eigenvalue weighted by Gasteiger charge is -2.13. The number of carbonyl (C=O) groups excluding carboxylic acids is 1. The van der Waals surface area contributed by atoms with E-state index in [2.05, 4.69) is 35.6 Å². The van der Waals surface area contributed by atoms with Gasteiger partial charge in [-0.15, -0.1) is 0 Å². The molecule has 0 spiro atoms. The molecule has 2 N–H and O–H groups in total. The van der Waals surface area contributed by atoms with Crippen molar-refractivity contribution in [3.63, 3.8) is 0 Å². The minimum absolute atomic E-state index is 0.0206. The number of benzene rings is 2. The van der Waals surface area contributed by atoms with Gasteiger partial charge in [0.1, 0.15) is 0 Å². The number of aliphatic hydroxyl groups excluding tert-OH is 1. The van der Waals surface area contributed by atoms with Crippen molar-refractivity contribution in [1.82, 2.24) is 0 Å². The van der Waals surface area contributed by atoms with Crippen molar-refractivity contribution in [2.45, 2.75) is 24.7 Å². The van der Waals surface area contributed by atoms with Gasteiger partial charge in [-0.25, -0.2) is 0 Å². The molecule has 106 valence electrons. The molecule has 21 heavy (non-hydrogen) atoms. The molecule has 4 rings (SSSR count). The van der Waals surface area contributed by atoms with Gasteiger partial charge < -0.3 is 10.4 Å². The molecule has 1 saturated carbocycles. The molecule has 0 radical (unpaired) electrons. The summed E-state index contributed by atoms with van der Waals surface area (Å²) in [6.07, 6.45) is 2.62. The lowest BCUT2D eigenvalue weighted by Crippen LogP contribution is -2.11. The van der Waals surface area contributed by atoms with Gasteiger partial charge >= 0.3 is 0 Å². The van der Waals surface area contributed by atoms with Crippen LogP contribution in [0.5, 0.6) is 0 Å². The molecular weight excluding hydrogens is 262 g/mol. The molecule has 1 amide bonds. The molecule has 1 aliphatic carbocycles. The van der Waals surface area contributed by atoms with E-state index in [0.717, 1.165) is 35.2 Å². The van der Waals surface area contributed by atoms with E-state index in [-0.39, 0.29) is 17.9 Å². The standard InChI is InChI=1S/C18H17NO2/c20-11-18(7-8-18)15-4-1-12(2-5-15)13-3-6-16-14(9-13)10-17(21)19-16/h1-6,9,20H,7-8,10-11H2,(H,19,21).